The first kappa shape index (κ1) is 13.0. The molecule has 0 bridgehead atoms. The Morgan fingerprint density at radius 2 is 2.21 bits per heavy atom. The van der Waals surface area contributed by atoms with Gasteiger partial charge < -0.3 is 0 Å². The van der Waals surface area contributed by atoms with E-state index in [9.17, 15) is 8.42 Å². The van der Waals surface area contributed by atoms with Gasteiger partial charge in [0.05, 0.1) is 6.54 Å². The molecule has 10 heteroatoms. The van der Waals surface area contributed by atoms with Gasteiger partial charge in [0.2, 0.25) is 0 Å². The number of nitrogens with zero attached hydrogens (tertiary/aromatic N) is 3. The molecule has 3 aromatic heterocycles. The summed E-state index contributed by atoms with van der Waals surface area (Å²) >= 11 is 8.59. The van der Waals surface area contributed by atoms with Gasteiger partial charge in [0.25, 0.3) is 10.0 Å². The number of hydrogen-bond acceptors (Lipinski definition) is 6. The molecule has 0 aliphatic carbocycles. The van der Waals surface area contributed by atoms with Crippen LogP contribution in [0.4, 0.5) is 0 Å². The number of halogens is 1. The van der Waals surface area contributed by atoms with Crippen molar-refractivity contribution in [1.82, 2.24) is 19.1 Å². The average molecular weight is 335 g/mol. The van der Waals surface area contributed by atoms with Gasteiger partial charge in [0.15, 0.2) is 15.1 Å². The van der Waals surface area contributed by atoms with Crippen molar-refractivity contribution in [1.29, 1.82) is 0 Å². The van der Waals surface area contributed by atoms with Crippen molar-refractivity contribution in [2.75, 3.05) is 0 Å². The number of sulfonamides is 1. The minimum atomic E-state index is -3.73. The topological polar surface area (TPSA) is 76.4 Å². The van der Waals surface area contributed by atoms with Crippen molar-refractivity contribution in [2.45, 2.75) is 11.6 Å². The highest BCUT2D eigenvalue weighted by atomic mass is 35.5. The molecular formula is C9H7ClN4O2S3. The van der Waals surface area contributed by atoms with Crippen LogP contribution in [0.5, 0.6) is 0 Å². The third-order valence-corrected chi connectivity index (χ3v) is 5.67. The summed E-state index contributed by atoms with van der Waals surface area (Å²) in [5, 5.41) is 4.15. The van der Waals surface area contributed by atoms with Crippen molar-refractivity contribution >= 4 is 49.3 Å². The number of imidazole rings is 1. The quantitative estimate of drug-likeness (QED) is 0.791. The summed E-state index contributed by atoms with van der Waals surface area (Å²) < 4.78 is 28.4. The summed E-state index contributed by atoms with van der Waals surface area (Å²) in [7, 11) is -3.73. The maximum Gasteiger partial charge on any atom is 0.260 e. The number of thiazole rings is 2. The van der Waals surface area contributed by atoms with Gasteiger partial charge in [-0.2, -0.15) is 0 Å². The standard InChI is InChI=1S/C9H7ClN4O2S3/c10-7-8(14-2-4-18-9(14)13-7)19(15,16)12-5-6-11-1-3-17-6/h1-4,12H,5H2. The maximum atomic E-state index is 12.2. The van der Waals surface area contributed by atoms with E-state index in [1.807, 2.05) is 0 Å². The van der Waals surface area contributed by atoms with Crippen LogP contribution in [-0.4, -0.2) is 22.8 Å². The molecule has 100 valence electrons. The molecule has 0 aliphatic heterocycles. The molecule has 3 rings (SSSR count). The van der Waals surface area contributed by atoms with Gasteiger partial charge in [0, 0.05) is 23.2 Å². The maximum absolute atomic E-state index is 12.2. The number of rotatable bonds is 4. The molecule has 3 heterocycles. The summed E-state index contributed by atoms with van der Waals surface area (Å²) in [6.07, 6.45) is 3.24. The van der Waals surface area contributed by atoms with Gasteiger partial charge in [-0.3, -0.25) is 4.40 Å². The molecule has 3 aromatic rings. The molecule has 0 aromatic carbocycles. The Balaban J connectivity index is 1.95. The first-order valence-electron chi connectivity index (χ1n) is 5.07. The smallest absolute Gasteiger partial charge is 0.260 e. The average Bonchev–Trinajstić information content (AvgIpc) is 3.01. The van der Waals surface area contributed by atoms with Crippen molar-refractivity contribution in [3.63, 3.8) is 0 Å². The van der Waals surface area contributed by atoms with Gasteiger partial charge in [-0.25, -0.2) is 23.1 Å². The molecule has 0 saturated carbocycles. The summed E-state index contributed by atoms with van der Waals surface area (Å²) in [5.74, 6) is 0. The predicted molar refractivity (Wildman–Crippen MR) is 74.2 cm³/mol. The monoisotopic (exact) mass is 334 g/mol. The van der Waals surface area contributed by atoms with E-state index in [0.717, 1.165) is 0 Å². The number of aromatic nitrogens is 3. The second kappa shape index (κ2) is 4.84. The van der Waals surface area contributed by atoms with Crippen molar-refractivity contribution < 1.29 is 8.42 Å². The van der Waals surface area contributed by atoms with Crippen LogP contribution in [-0.2, 0) is 16.6 Å². The molecule has 0 unspecified atom stereocenters. The van der Waals surface area contributed by atoms with Crippen LogP contribution in [0, 0.1) is 0 Å². The molecule has 0 aliphatic rings. The zero-order valence-electron chi connectivity index (χ0n) is 9.28. The third kappa shape index (κ3) is 2.39. The SMILES string of the molecule is O=S(=O)(NCc1nccs1)c1c(Cl)nc2sccn12. The second-order valence-electron chi connectivity index (χ2n) is 3.51. The predicted octanol–water partition coefficient (Wildman–Crippen LogP) is 1.98. The van der Waals surface area contributed by atoms with E-state index in [0.29, 0.717) is 9.97 Å². The Morgan fingerprint density at radius 3 is 2.95 bits per heavy atom. The Hall–Kier alpha value is -1.00. The molecule has 0 atom stereocenters. The van der Waals surface area contributed by atoms with Crippen molar-refractivity contribution in [3.05, 3.63) is 33.3 Å². The van der Waals surface area contributed by atoms with E-state index >= 15 is 0 Å². The van der Waals surface area contributed by atoms with E-state index in [4.69, 9.17) is 11.6 Å². The van der Waals surface area contributed by atoms with Gasteiger partial charge in [-0.15, -0.1) is 22.7 Å². The van der Waals surface area contributed by atoms with Gasteiger partial charge in [-0.05, 0) is 0 Å². The highest BCUT2D eigenvalue weighted by molar-refractivity contribution is 7.89. The van der Waals surface area contributed by atoms with Crippen molar-refractivity contribution in [3.8, 4) is 0 Å². The van der Waals surface area contributed by atoms with Gasteiger partial charge >= 0.3 is 0 Å². The molecule has 6 nitrogen and oxygen atoms in total. The van der Waals surface area contributed by atoms with Crippen LogP contribution in [0.1, 0.15) is 5.01 Å². The highest BCUT2D eigenvalue weighted by Gasteiger charge is 2.24. The molecule has 1 N–H and O–H groups in total. The second-order valence-corrected chi connectivity index (χ2v) is 7.41. The van der Waals surface area contributed by atoms with Crippen LogP contribution in [0.3, 0.4) is 0 Å². The number of fused-ring (bicyclic) bond motifs is 1. The summed E-state index contributed by atoms with van der Waals surface area (Å²) in [4.78, 5) is 8.55. The van der Waals surface area contributed by atoms with E-state index in [-0.39, 0.29) is 16.7 Å². The largest absolute Gasteiger partial charge is 0.279 e. The Labute approximate surface area is 121 Å². The van der Waals surface area contributed by atoms with Crippen LogP contribution >= 0.6 is 34.3 Å². The highest BCUT2D eigenvalue weighted by Crippen LogP contribution is 2.25. The van der Waals surface area contributed by atoms with Gasteiger partial charge in [0.1, 0.15) is 5.01 Å². The third-order valence-electron chi connectivity index (χ3n) is 2.33. The van der Waals surface area contributed by atoms with Crippen LogP contribution in [0.15, 0.2) is 28.2 Å². The van der Waals surface area contributed by atoms with E-state index in [2.05, 4.69) is 14.7 Å². The number of nitrogens with one attached hydrogen (secondary N) is 1. The normalized spacial score (nSPS) is 12.3. The van der Waals surface area contributed by atoms with Gasteiger partial charge in [-0.1, -0.05) is 11.6 Å². The fourth-order valence-corrected chi connectivity index (χ4v) is 4.63. The lowest BCUT2D eigenvalue weighted by atomic mass is 10.7. The fourth-order valence-electron chi connectivity index (χ4n) is 1.54. The zero-order valence-corrected chi connectivity index (χ0v) is 12.5. The molecular weight excluding hydrogens is 328 g/mol. The minimum absolute atomic E-state index is 0.0292. The van der Waals surface area contributed by atoms with E-state index in [1.54, 1.807) is 23.2 Å². The Bertz CT molecular complexity index is 806. The molecule has 0 amide bonds. The van der Waals surface area contributed by atoms with E-state index < -0.39 is 10.0 Å². The lowest BCUT2D eigenvalue weighted by Crippen LogP contribution is -2.24. The molecule has 0 fully saturated rings. The Morgan fingerprint density at radius 1 is 1.37 bits per heavy atom. The number of hydrogen-bond donors (Lipinski definition) is 1. The zero-order chi connectivity index (χ0) is 13.5. The van der Waals surface area contributed by atoms with Crippen LogP contribution < -0.4 is 4.72 Å². The van der Waals surface area contributed by atoms with Crippen LogP contribution in [0.25, 0.3) is 4.96 Å². The molecule has 19 heavy (non-hydrogen) atoms. The van der Waals surface area contributed by atoms with E-state index in [1.165, 1.54) is 27.1 Å². The molecule has 0 radical (unpaired) electrons. The van der Waals surface area contributed by atoms with Crippen molar-refractivity contribution in [2.24, 2.45) is 0 Å². The fraction of sp³-hybridized carbons (Fsp3) is 0.111. The lowest BCUT2D eigenvalue weighted by molar-refractivity contribution is 0.576. The molecule has 0 saturated heterocycles. The Kier molecular flexibility index (Phi) is 3.31. The first-order chi connectivity index (χ1) is 9.08. The first-order valence-corrected chi connectivity index (χ1v) is 8.69. The molecule has 0 spiro atoms. The summed E-state index contributed by atoms with van der Waals surface area (Å²) in [6, 6.07) is 0. The minimum Gasteiger partial charge on any atom is -0.279 e. The summed E-state index contributed by atoms with van der Waals surface area (Å²) in [5.41, 5.74) is 0. The summed E-state index contributed by atoms with van der Waals surface area (Å²) in [6.45, 7) is 0.133. The lowest BCUT2D eigenvalue weighted by Gasteiger charge is -2.04. The van der Waals surface area contributed by atoms with Crippen LogP contribution in [0.2, 0.25) is 5.15 Å².